The Bertz CT molecular complexity index is 768. The molecule has 0 saturated carbocycles. The van der Waals surface area contributed by atoms with Crippen LogP contribution >= 0.6 is 31.9 Å². The van der Waals surface area contributed by atoms with Crippen LogP contribution in [-0.2, 0) is 0 Å². The monoisotopic (exact) mass is 391 g/mol. The maximum Gasteiger partial charge on any atom is 0.105 e. The summed E-state index contributed by atoms with van der Waals surface area (Å²) < 4.78 is 1.89. The summed E-state index contributed by atoms with van der Waals surface area (Å²) >= 11 is 6.90. The van der Waals surface area contributed by atoms with Gasteiger partial charge in [-0.3, -0.25) is 4.98 Å². The highest BCUT2D eigenvalue weighted by molar-refractivity contribution is 9.13. The Kier molecular flexibility index (Phi) is 3.87. The van der Waals surface area contributed by atoms with E-state index in [1.54, 1.807) is 6.20 Å². The van der Waals surface area contributed by atoms with Crippen molar-refractivity contribution in [3.05, 3.63) is 74.8 Å². The van der Waals surface area contributed by atoms with Gasteiger partial charge in [0.1, 0.15) is 6.10 Å². The summed E-state index contributed by atoms with van der Waals surface area (Å²) in [6.45, 7) is 0. The second-order valence-corrected chi connectivity index (χ2v) is 6.20. The minimum Gasteiger partial charge on any atom is -0.384 e. The van der Waals surface area contributed by atoms with Crippen LogP contribution in [0.2, 0.25) is 0 Å². The van der Waals surface area contributed by atoms with Gasteiger partial charge < -0.3 is 5.11 Å². The number of aliphatic hydroxyl groups is 1. The first-order chi connectivity index (χ1) is 9.66. The molecule has 0 amide bonds. The molecule has 100 valence electrons. The van der Waals surface area contributed by atoms with Gasteiger partial charge in [-0.25, -0.2) is 0 Å². The van der Waals surface area contributed by atoms with Crippen LogP contribution in [0.4, 0.5) is 0 Å². The Morgan fingerprint density at radius 2 is 1.80 bits per heavy atom. The Balaban J connectivity index is 2.12. The largest absolute Gasteiger partial charge is 0.384 e. The number of benzene rings is 2. The summed E-state index contributed by atoms with van der Waals surface area (Å²) in [4.78, 5) is 4.32. The van der Waals surface area contributed by atoms with Crippen molar-refractivity contribution in [2.24, 2.45) is 0 Å². The first-order valence-electron chi connectivity index (χ1n) is 6.13. The van der Waals surface area contributed by atoms with Gasteiger partial charge in [-0.05, 0) is 67.3 Å². The molecule has 1 N–H and O–H groups in total. The third-order valence-corrected chi connectivity index (χ3v) is 5.11. The summed E-state index contributed by atoms with van der Waals surface area (Å²) in [6.07, 6.45) is 1.08. The van der Waals surface area contributed by atoms with E-state index < -0.39 is 6.10 Å². The van der Waals surface area contributed by atoms with Gasteiger partial charge in [0.2, 0.25) is 0 Å². The smallest absolute Gasteiger partial charge is 0.105 e. The van der Waals surface area contributed by atoms with Crippen molar-refractivity contribution in [2.75, 3.05) is 0 Å². The molecule has 1 unspecified atom stereocenters. The van der Waals surface area contributed by atoms with E-state index in [4.69, 9.17) is 0 Å². The average molecular weight is 393 g/mol. The number of aromatic nitrogens is 1. The second kappa shape index (κ2) is 5.64. The lowest BCUT2D eigenvalue weighted by Crippen LogP contribution is -2.01. The molecule has 0 saturated heterocycles. The summed E-state index contributed by atoms with van der Waals surface area (Å²) in [5.74, 6) is 0. The lowest BCUT2D eigenvalue weighted by molar-refractivity contribution is 0.222. The number of hydrogen-bond acceptors (Lipinski definition) is 2. The van der Waals surface area contributed by atoms with E-state index in [-0.39, 0.29) is 0 Å². The van der Waals surface area contributed by atoms with Crippen molar-refractivity contribution in [3.63, 3.8) is 0 Å². The van der Waals surface area contributed by atoms with E-state index in [1.807, 2.05) is 48.5 Å². The number of pyridine rings is 1. The van der Waals surface area contributed by atoms with Crippen LogP contribution in [0.5, 0.6) is 0 Å². The van der Waals surface area contributed by atoms with Gasteiger partial charge in [-0.15, -0.1) is 0 Å². The zero-order chi connectivity index (χ0) is 14.1. The van der Waals surface area contributed by atoms with Gasteiger partial charge in [0.15, 0.2) is 0 Å². The third kappa shape index (κ3) is 2.51. The fraction of sp³-hybridized carbons (Fsp3) is 0.0625. The van der Waals surface area contributed by atoms with Crippen molar-refractivity contribution in [1.82, 2.24) is 4.98 Å². The summed E-state index contributed by atoms with van der Waals surface area (Å²) in [5, 5.41) is 11.6. The molecule has 0 aliphatic heterocycles. The molecule has 0 radical (unpaired) electrons. The van der Waals surface area contributed by atoms with Crippen LogP contribution in [0.25, 0.3) is 10.9 Å². The summed E-state index contributed by atoms with van der Waals surface area (Å²) in [6, 6.07) is 15.4. The minimum atomic E-state index is -0.674. The molecule has 0 aliphatic carbocycles. The highest BCUT2D eigenvalue weighted by Gasteiger charge is 2.14. The van der Waals surface area contributed by atoms with Gasteiger partial charge in [-0.1, -0.05) is 24.3 Å². The molecule has 0 aliphatic rings. The highest BCUT2D eigenvalue weighted by atomic mass is 79.9. The minimum absolute atomic E-state index is 0.674. The Morgan fingerprint density at radius 1 is 0.950 bits per heavy atom. The first-order valence-corrected chi connectivity index (χ1v) is 7.72. The number of aliphatic hydroxyl groups excluding tert-OH is 1. The molecular weight excluding hydrogens is 382 g/mol. The van der Waals surface area contributed by atoms with Crippen LogP contribution in [0, 0.1) is 0 Å². The van der Waals surface area contributed by atoms with Gasteiger partial charge in [0, 0.05) is 20.5 Å². The Morgan fingerprint density at radius 3 is 2.60 bits per heavy atom. The molecule has 2 aromatic carbocycles. The van der Waals surface area contributed by atoms with Crippen molar-refractivity contribution in [2.45, 2.75) is 6.10 Å². The number of rotatable bonds is 2. The highest BCUT2D eigenvalue weighted by Crippen LogP contribution is 2.31. The number of halogens is 2. The maximum atomic E-state index is 10.6. The second-order valence-electron chi connectivity index (χ2n) is 4.49. The van der Waals surface area contributed by atoms with E-state index in [0.717, 1.165) is 31.0 Å². The Labute approximate surface area is 133 Å². The van der Waals surface area contributed by atoms with E-state index in [1.165, 1.54) is 0 Å². The van der Waals surface area contributed by atoms with E-state index in [0.29, 0.717) is 0 Å². The fourth-order valence-corrected chi connectivity index (χ4v) is 2.87. The molecule has 2 nitrogen and oxygen atoms in total. The molecule has 0 fully saturated rings. The topological polar surface area (TPSA) is 33.1 Å². The number of nitrogens with zero attached hydrogens (tertiary/aromatic N) is 1. The molecule has 1 aromatic heterocycles. The molecule has 1 atom stereocenters. The zero-order valence-electron chi connectivity index (χ0n) is 10.4. The Hall–Kier alpha value is -1.23. The lowest BCUT2D eigenvalue weighted by atomic mass is 9.98. The molecule has 4 heteroatoms. The summed E-state index contributed by atoms with van der Waals surface area (Å²) in [7, 11) is 0. The molecule has 0 spiro atoms. The van der Waals surface area contributed by atoms with E-state index in [9.17, 15) is 5.11 Å². The average Bonchev–Trinajstić information content (AvgIpc) is 2.49. The van der Waals surface area contributed by atoms with Crippen LogP contribution in [-0.4, -0.2) is 10.1 Å². The summed E-state index contributed by atoms with van der Waals surface area (Å²) in [5.41, 5.74) is 2.60. The standard InChI is InChI=1S/C16H11Br2NO/c17-13-7-6-10(9-14(13)18)16(20)12-3-1-5-15-11(12)4-2-8-19-15/h1-9,16,20H. The van der Waals surface area contributed by atoms with Gasteiger partial charge in [-0.2, -0.15) is 0 Å². The van der Waals surface area contributed by atoms with Crippen molar-refractivity contribution in [1.29, 1.82) is 0 Å². The molecule has 20 heavy (non-hydrogen) atoms. The van der Waals surface area contributed by atoms with Crippen molar-refractivity contribution >= 4 is 42.8 Å². The molecule has 3 aromatic rings. The number of hydrogen-bond donors (Lipinski definition) is 1. The molecule has 3 rings (SSSR count). The van der Waals surface area contributed by atoms with Crippen molar-refractivity contribution in [3.8, 4) is 0 Å². The fourth-order valence-electron chi connectivity index (χ4n) is 2.23. The predicted molar refractivity (Wildman–Crippen MR) is 87.6 cm³/mol. The van der Waals surface area contributed by atoms with Gasteiger partial charge in [0.05, 0.1) is 5.52 Å². The van der Waals surface area contributed by atoms with Crippen LogP contribution in [0.3, 0.4) is 0 Å². The number of fused-ring (bicyclic) bond motifs is 1. The SMILES string of the molecule is OC(c1ccc(Br)c(Br)c1)c1cccc2ncccc12. The normalized spacial score (nSPS) is 12.6. The van der Waals surface area contributed by atoms with Crippen LogP contribution in [0.1, 0.15) is 17.2 Å². The van der Waals surface area contributed by atoms with Gasteiger partial charge in [0.25, 0.3) is 0 Å². The van der Waals surface area contributed by atoms with Crippen molar-refractivity contribution < 1.29 is 5.11 Å². The maximum absolute atomic E-state index is 10.6. The van der Waals surface area contributed by atoms with Gasteiger partial charge >= 0.3 is 0 Å². The zero-order valence-corrected chi connectivity index (χ0v) is 13.6. The molecule has 1 heterocycles. The van der Waals surface area contributed by atoms with E-state index >= 15 is 0 Å². The molecular formula is C16H11Br2NO. The van der Waals surface area contributed by atoms with Crippen LogP contribution < -0.4 is 0 Å². The predicted octanol–water partition coefficient (Wildman–Crippen LogP) is 4.84. The van der Waals surface area contributed by atoms with E-state index in [2.05, 4.69) is 36.8 Å². The quantitative estimate of drug-likeness (QED) is 0.676. The lowest BCUT2D eigenvalue weighted by Gasteiger charge is -2.14. The molecule has 0 bridgehead atoms. The third-order valence-electron chi connectivity index (χ3n) is 3.23. The van der Waals surface area contributed by atoms with Crippen LogP contribution in [0.15, 0.2) is 63.7 Å². The first kappa shape index (κ1) is 13.7.